The Morgan fingerprint density at radius 3 is 2.71 bits per heavy atom. The monoisotopic (exact) mass is 387 g/mol. The third kappa shape index (κ3) is 1.26. The van der Waals surface area contributed by atoms with Gasteiger partial charge < -0.3 is 20.1 Å². The van der Waals surface area contributed by atoms with Gasteiger partial charge in [0.2, 0.25) is 0 Å². The number of piperidine rings is 2. The molecule has 3 aliphatic heterocycles. The van der Waals surface area contributed by atoms with Crippen LogP contribution in [-0.4, -0.2) is 68.7 Å². The van der Waals surface area contributed by atoms with Gasteiger partial charge in [-0.3, -0.25) is 9.69 Å². The maximum Gasteiger partial charge on any atom is 0.302 e. The van der Waals surface area contributed by atoms with Crippen molar-refractivity contribution in [2.75, 3.05) is 6.54 Å². The smallest absolute Gasteiger partial charge is 0.302 e. The van der Waals surface area contributed by atoms with Crippen LogP contribution in [0, 0.1) is 34.0 Å². The van der Waals surface area contributed by atoms with Gasteiger partial charge in [-0.05, 0) is 37.0 Å². The average Bonchev–Trinajstić information content (AvgIpc) is 2.97. The normalized spacial score (nSPS) is 69.3. The van der Waals surface area contributed by atoms with Gasteiger partial charge in [-0.2, -0.15) is 0 Å². The van der Waals surface area contributed by atoms with Gasteiger partial charge in [0.1, 0.15) is 11.7 Å². The van der Waals surface area contributed by atoms with E-state index in [0.29, 0.717) is 24.8 Å². The minimum Gasteiger partial charge on any atom is -0.463 e. The van der Waals surface area contributed by atoms with Crippen LogP contribution in [0.1, 0.15) is 39.5 Å². The maximum absolute atomic E-state index is 12.2. The highest BCUT2D eigenvalue weighted by Crippen LogP contribution is 2.88. The number of nitrogens with zero attached hydrogens (tertiary/aromatic N) is 1. The van der Waals surface area contributed by atoms with Gasteiger partial charge in [0.25, 0.3) is 0 Å². The van der Waals surface area contributed by atoms with E-state index in [1.807, 2.05) is 0 Å². The van der Waals surface area contributed by atoms with E-state index in [9.17, 15) is 20.1 Å². The Kier molecular flexibility index (Phi) is 2.55. The van der Waals surface area contributed by atoms with E-state index in [1.165, 1.54) is 6.92 Å². The molecule has 0 aromatic heterocycles. The van der Waals surface area contributed by atoms with E-state index in [2.05, 4.69) is 18.4 Å². The van der Waals surface area contributed by atoms with Gasteiger partial charge in [0.15, 0.2) is 0 Å². The minimum atomic E-state index is -1.20. The van der Waals surface area contributed by atoms with Crippen molar-refractivity contribution in [1.29, 1.82) is 0 Å². The SMILES string of the molecule is C=C1C[C@@]23C[C@H]4[C@@H]5[C@@]6(C)C[C@H](OC(C)=O)C[C@]57[C@H]2[C@H](O)[C@@H]1[C@@H](O)[C@]3(O)[C@H]7N4C6. The predicted octanol–water partition coefficient (Wildman–Crippen LogP) is 0.450. The van der Waals surface area contributed by atoms with Crippen molar-refractivity contribution in [1.82, 2.24) is 4.90 Å². The summed E-state index contributed by atoms with van der Waals surface area (Å²) in [5, 5.41) is 35.1. The van der Waals surface area contributed by atoms with Crippen molar-refractivity contribution in [2.24, 2.45) is 34.0 Å². The van der Waals surface area contributed by atoms with Crippen LogP contribution >= 0.6 is 0 Å². The zero-order valence-corrected chi connectivity index (χ0v) is 16.5. The van der Waals surface area contributed by atoms with Gasteiger partial charge >= 0.3 is 5.97 Å². The van der Waals surface area contributed by atoms with Crippen LogP contribution in [0.2, 0.25) is 0 Å². The molecule has 0 amide bonds. The average molecular weight is 387 g/mol. The number of carbonyl (C=O) groups excluding carboxylic acids is 1. The first-order valence-electron chi connectivity index (χ1n) is 10.8. The van der Waals surface area contributed by atoms with Gasteiger partial charge in [-0.1, -0.05) is 19.1 Å². The Labute approximate surface area is 164 Å². The van der Waals surface area contributed by atoms with Crippen molar-refractivity contribution in [3.8, 4) is 0 Å². The summed E-state index contributed by atoms with van der Waals surface area (Å²) < 4.78 is 5.75. The van der Waals surface area contributed by atoms with E-state index in [1.54, 1.807) is 0 Å². The molecule has 0 aromatic rings. The first kappa shape index (κ1) is 16.8. The number of aliphatic hydroxyl groups is 3. The second-order valence-electron chi connectivity index (χ2n) is 11.5. The van der Waals surface area contributed by atoms with Crippen molar-refractivity contribution in [2.45, 2.75) is 75.5 Å². The molecule has 1 unspecified atom stereocenters. The van der Waals surface area contributed by atoms with E-state index < -0.39 is 29.1 Å². The highest BCUT2D eigenvalue weighted by Gasteiger charge is 2.94. The molecule has 3 N–H and O–H groups in total. The van der Waals surface area contributed by atoms with Gasteiger partial charge in [-0.25, -0.2) is 0 Å². The van der Waals surface area contributed by atoms with Crippen molar-refractivity contribution >= 4 is 5.97 Å². The lowest BCUT2D eigenvalue weighted by molar-refractivity contribution is -0.280. The molecule has 3 heterocycles. The molecular formula is C22H29NO5. The second-order valence-corrected chi connectivity index (χ2v) is 11.5. The molecule has 6 saturated carbocycles. The largest absolute Gasteiger partial charge is 0.463 e. The molecule has 9 rings (SSSR count). The molecule has 2 spiro atoms. The quantitative estimate of drug-likeness (QED) is 0.447. The third-order valence-electron chi connectivity index (χ3n) is 10.6. The Hall–Kier alpha value is -0.950. The van der Waals surface area contributed by atoms with Gasteiger partial charge in [0.05, 0.1) is 12.2 Å². The van der Waals surface area contributed by atoms with E-state index >= 15 is 0 Å². The Bertz CT molecular complexity index is 860. The van der Waals surface area contributed by atoms with Crippen molar-refractivity contribution in [3.63, 3.8) is 0 Å². The summed E-state index contributed by atoms with van der Waals surface area (Å²) >= 11 is 0. The van der Waals surface area contributed by atoms with Crippen LogP contribution in [0.5, 0.6) is 0 Å². The molecule has 3 saturated heterocycles. The fraction of sp³-hybridized carbons (Fsp3) is 0.864. The van der Waals surface area contributed by atoms with Crippen LogP contribution in [0.3, 0.4) is 0 Å². The fourth-order valence-electron chi connectivity index (χ4n) is 11.0. The standard InChI is InChI=1S/C22H29NO5/c1-9-4-20-7-12-15-19(3)5-11(28-10(2)24)6-21(15)16(20)14(25)13(9)17(26)22(20,27)18(21)23(12)8-19/h11-18,25-27H,1,4-8H2,2-3H3/t11-,12-,13+,14+,15+,16-,17+,18-,19-,20+,21+,22-/m0/s1. The lowest BCUT2D eigenvalue weighted by Crippen LogP contribution is -2.76. The summed E-state index contributed by atoms with van der Waals surface area (Å²) in [5.41, 5.74) is -1.07. The number of hydrogen-bond donors (Lipinski definition) is 3. The van der Waals surface area contributed by atoms with E-state index in [-0.39, 0.29) is 34.9 Å². The molecule has 9 bridgehead atoms. The molecule has 6 heteroatoms. The topological polar surface area (TPSA) is 90.2 Å². The minimum absolute atomic E-state index is 0.0237. The first-order chi connectivity index (χ1) is 13.1. The molecular weight excluding hydrogens is 358 g/mol. The molecule has 6 nitrogen and oxygen atoms in total. The fourth-order valence-corrected chi connectivity index (χ4v) is 11.0. The summed E-state index contributed by atoms with van der Waals surface area (Å²) in [7, 11) is 0. The first-order valence-corrected chi connectivity index (χ1v) is 10.8. The number of ether oxygens (including phenoxy) is 1. The van der Waals surface area contributed by atoms with Crippen LogP contribution in [0.25, 0.3) is 0 Å². The van der Waals surface area contributed by atoms with Crippen molar-refractivity contribution < 1.29 is 24.9 Å². The molecule has 13 atom stereocenters. The van der Waals surface area contributed by atoms with E-state index in [4.69, 9.17) is 4.74 Å². The summed E-state index contributed by atoms with van der Waals surface area (Å²) in [6.45, 7) is 8.85. The summed E-state index contributed by atoms with van der Waals surface area (Å²) in [4.78, 5) is 14.3. The lowest BCUT2D eigenvalue weighted by atomic mass is 9.39. The highest BCUT2D eigenvalue weighted by molar-refractivity contribution is 5.66. The summed E-state index contributed by atoms with van der Waals surface area (Å²) in [5.74, 6) is -0.379. The Morgan fingerprint density at radius 1 is 1.25 bits per heavy atom. The predicted molar refractivity (Wildman–Crippen MR) is 97.9 cm³/mol. The third-order valence-corrected chi connectivity index (χ3v) is 10.6. The Morgan fingerprint density at radius 2 is 2.00 bits per heavy atom. The number of rotatable bonds is 1. The zero-order chi connectivity index (χ0) is 19.6. The van der Waals surface area contributed by atoms with E-state index in [0.717, 1.165) is 25.0 Å². The van der Waals surface area contributed by atoms with Crippen LogP contribution in [-0.2, 0) is 9.53 Å². The highest BCUT2D eigenvalue weighted by atomic mass is 16.5. The number of esters is 1. The molecule has 9 aliphatic rings. The number of fused-ring (bicyclic) bond motifs is 1. The second kappa shape index (κ2) is 4.25. The summed E-state index contributed by atoms with van der Waals surface area (Å²) in [6.07, 6.45) is 1.27. The molecule has 0 aromatic carbocycles. The lowest BCUT2D eigenvalue weighted by Gasteiger charge is -2.67. The molecule has 152 valence electrons. The number of carbonyl (C=O) groups is 1. The summed E-state index contributed by atoms with van der Waals surface area (Å²) in [6, 6.07) is 0.245. The molecule has 9 fully saturated rings. The molecule has 0 radical (unpaired) electrons. The van der Waals surface area contributed by atoms with Gasteiger partial charge in [-0.15, -0.1) is 0 Å². The Balaban J connectivity index is 1.49. The van der Waals surface area contributed by atoms with Crippen LogP contribution in [0.15, 0.2) is 12.2 Å². The number of hydrogen-bond acceptors (Lipinski definition) is 6. The van der Waals surface area contributed by atoms with Crippen LogP contribution in [0.4, 0.5) is 0 Å². The maximum atomic E-state index is 12.2. The van der Waals surface area contributed by atoms with Crippen molar-refractivity contribution in [3.05, 3.63) is 12.2 Å². The van der Waals surface area contributed by atoms with Crippen LogP contribution < -0.4 is 0 Å². The van der Waals surface area contributed by atoms with Gasteiger partial charge in [0, 0.05) is 48.2 Å². The molecule has 28 heavy (non-hydrogen) atoms. The zero-order valence-electron chi connectivity index (χ0n) is 16.5. The molecule has 6 aliphatic carbocycles. The number of aliphatic hydroxyl groups excluding tert-OH is 2.